The van der Waals surface area contributed by atoms with E-state index in [1.54, 1.807) is 12.1 Å². The van der Waals surface area contributed by atoms with E-state index in [1.165, 1.54) is 7.05 Å². The van der Waals surface area contributed by atoms with E-state index in [9.17, 15) is 8.42 Å². The van der Waals surface area contributed by atoms with Gasteiger partial charge in [-0.25, -0.2) is 13.1 Å². The predicted octanol–water partition coefficient (Wildman–Crippen LogP) is 1.67. The van der Waals surface area contributed by atoms with Gasteiger partial charge in [0, 0.05) is 4.47 Å². The van der Waals surface area contributed by atoms with Crippen LogP contribution in [0.5, 0.6) is 0 Å². The molecule has 0 bridgehead atoms. The Labute approximate surface area is 86.3 Å². The van der Waals surface area contributed by atoms with E-state index in [1.807, 2.05) is 13.0 Å². The zero-order valence-electron chi connectivity index (χ0n) is 7.33. The van der Waals surface area contributed by atoms with Crippen molar-refractivity contribution in [3.05, 3.63) is 28.2 Å². The molecule has 0 saturated carbocycles. The molecule has 0 aliphatic rings. The Morgan fingerprint density at radius 3 is 2.54 bits per heavy atom. The Hall–Kier alpha value is -0.390. The summed E-state index contributed by atoms with van der Waals surface area (Å²) >= 11 is 3.19. The third-order valence-corrected chi connectivity index (χ3v) is 4.05. The molecule has 5 heteroatoms. The number of sulfonamides is 1. The third kappa shape index (κ3) is 2.30. The lowest BCUT2D eigenvalue weighted by Crippen LogP contribution is -2.19. The van der Waals surface area contributed by atoms with Crippen molar-refractivity contribution in [2.45, 2.75) is 11.8 Å². The van der Waals surface area contributed by atoms with Crippen LogP contribution in [0.2, 0.25) is 0 Å². The van der Waals surface area contributed by atoms with Gasteiger partial charge in [0.05, 0.1) is 4.90 Å². The normalized spacial score (nSPS) is 11.6. The standard InChI is InChI=1S/C8H10BrNO2S/c1-6-3-4-7(9)8(5-6)13(11,12)10-2/h3-5,10H,1-2H3. The molecule has 1 N–H and O–H groups in total. The lowest BCUT2D eigenvalue weighted by Gasteiger charge is -2.05. The van der Waals surface area contributed by atoms with Crippen LogP contribution in [-0.4, -0.2) is 15.5 Å². The fourth-order valence-electron chi connectivity index (χ4n) is 0.926. The van der Waals surface area contributed by atoms with Crippen molar-refractivity contribution in [3.63, 3.8) is 0 Å². The Morgan fingerprint density at radius 2 is 2.00 bits per heavy atom. The van der Waals surface area contributed by atoms with Crippen LogP contribution in [0.25, 0.3) is 0 Å². The average molecular weight is 264 g/mol. The molecular formula is C8H10BrNO2S. The molecule has 0 aliphatic carbocycles. The monoisotopic (exact) mass is 263 g/mol. The summed E-state index contributed by atoms with van der Waals surface area (Å²) in [5.41, 5.74) is 0.914. The molecule has 0 saturated heterocycles. The SMILES string of the molecule is CNS(=O)(=O)c1cc(C)ccc1Br. The van der Waals surface area contributed by atoms with Crippen LogP contribution in [0.3, 0.4) is 0 Å². The van der Waals surface area contributed by atoms with E-state index in [0.29, 0.717) is 4.47 Å². The molecule has 0 amide bonds. The van der Waals surface area contributed by atoms with Crippen LogP contribution in [0.1, 0.15) is 5.56 Å². The molecule has 0 fully saturated rings. The second-order valence-corrected chi connectivity index (χ2v) is 5.35. The van der Waals surface area contributed by atoms with Gasteiger partial charge in [-0.3, -0.25) is 0 Å². The fourth-order valence-corrected chi connectivity index (χ4v) is 2.70. The molecule has 72 valence electrons. The summed E-state index contributed by atoms with van der Waals surface area (Å²) in [5, 5.41) is 0. The van der Waals surface area contributed by atoms with E-state index in [0.717, 1.165) is 5.56 Å². The van der Waals surface area contributed by atoms with Crippen LogP contribution >= 0.6 is 15.9 Å². The minimum Gasteiger partial charge on any atom is -0.214 e. The van der Waals surface area contributed by atoms with Crippen LogP contribution in [0.15, 0.2) is 27.6 Å². The first-order chi connectivity index (χ1) is 5.97. The first-order valence-electron chi connectivity index (χ1n) is 3.67. The van der Waals surface area contributed by atoms with Crippen molar-refractivity contribution in [2.24, 2.45) is 0 Å². The number of hydrogen-bond acceptors (Lipinski definition) is 2. The topological polar surface area (TPSA) is 46.2 Å². The van der Waals surface area contributed by atoms with Gasteiger partial charge in [-0.15, -0.1) is 0 Å². The highest BCUT2D eigenvalue weighted by molar-refractivity contribution is 9.10. The van der Waals surface area contributed by atoms with Gasteiger partial charge in [0.2, 0.25) is 10.0 Å². The van der Waals surface area contributed by atoms with Crippen molar-refractivity contribution >= 4 is 26.0 Å². The number of rotatable bonds is 2. The maximum atomic E-state index is 11.4. The number of aryl methyl sites for hydroxylation is 1. The molecule has 0 heterocycles. The fraction of sp³-hybridized carbons (Fsp3) is 0.250. The lowest BCUT2D eigenvalue weighted by molar-refractivity contribution is 0.587. The van der Waals surface area contributed by atoms with Gasteiger partial charge in [0.1, 0.15) is 0 Å². The molecule has 0 atom stereocenters. The molecule has 0 aromatic heterocycles. The summed E-state index contributed by atoms with van der Waals surface area (Å²) < 4.78 is 25.7. The highest BCUT2D eigenvalue weighted by Gasteiger charge is 2.14. The van der Waals surface area contributed by atoms with Crippen LogP contribution in [-0.2, 0) is 10.0 Å². The van der Waals surface area contributed by atoms with Crippen molar-refractivity contribution in [3.8, 4) is 0 Å². The predicted molar refractivity (Wildman–Crippen MR) is 55.1 cm³/mol. The maximum Gasteiger partial charge on any atom is 0.241 e. The van der Waals surface area contributed by atoms with Crippen molar-refractivity contribution in [1.29, 1.82) is 0 Å². The average Bonchev–Trinajstić information content (AvgIpc) is 2.09. The van der Waals surface area contributed by atoms with Gasteiger partial charge in [0.15, 0.2) is 0 Å². The number of benzene rings is 1. The van der Waals surface area contributed by atoms with Gasteiger partial charge in [-0.2, -0.15) is 0 Å². The van der Waals surface area contributed by atoms with E-state index in [2.05, 4.69) is 20.7 Å². The summed E-state index contributed by atoms with van der Waals surface area (Å²) in [4.78, 5) is 0.273. The lowest BCUT2D eigenvalue weighted by atomic mass is 10.2. The molecule has 0 aliphatic heterocycles. The summed E-state index contributed by atoms with van der Waals surface area (Å²) in [5.74, 6) is 0. The summed E-state index contributed by atoms with van der Waals surface area (Å²) in [6.45, 7) is 1.85. The molecule has 0 spiro atoms. The zero-order chi connectivity index (χ0) is 10.1. The molecule has 0 radical (unpaired) electrons. The highest BCUT2D eigenvalue weighted by atomic mass is 79.9. The molecule has 1 aromatic carbocycles. The Balaban J connectivity index is 3.38. The molecule has 1 rings (SSSR count). The molecule has 3 nitrogen and oxygen atoms in total. The molecule has 13 heavy (non-hydrogen) atoms. The minimum absolute atomic E-state index is 0.273. The van der Waals surface area contributed by atoms with Crippen LogP contribution in [0.4, 0.5) is 0 Å². The number of halogens is 1. The van der Waals surface area contributed by atoms with Crippen molar-refractivity contribution < 1.29 is 8.42 Å². The van der Waals surface area contributed by atoms with Crippen molar-refractivity contribution in [2.75, 3.05) is 7.05 Å². The quantitative estimate of drug-likeness (QED) is 0.883. The van der Waals surface area contributed by atoms with E-state index >= 15 is 0 Å². The molecule has 0 unspecified atom stereocenters. The van der Waals surface area contributed by atoms with Gasteiger partial charge in [0.25, 0.3) is 0 Å². The third-order valence-electron chi connectivity index (χ3n) is 1.64. The maximum absolute atomic E-state index is 11.4. The zero-order valence-corrected chi connectivity index (χ0v) is 9.74. The van der Waals surface area contributed by atoms with E-state index in [-0.39, 0.29) is 4.90 Å². The summed E-state index contributed by atoms with van der Waals surface area (Å²) in [7, 11) is -1.96. The van der Waals surface area contributed by atoms with Crippen LogP contribution in [0, 0.1) is 6.92 Å². The highest BCUT2D eigenvalue weighted by Crippen LogP contribution is 2.22. The van der Waals surface area contributed by atoms with Crippen molar-refractivity contribution in [1.82, 2.24) is 4.72 Å². The first kappa shape index (κ1) is 10.7. The van der Waals surface area contributed by atoms with Gasteiger partial charge >= 0.3 is 0 Å². The van der Waals surface area contributed by atoms with E-state index in [4.69, 9.17) is 0 Å². The summed E-state index contributed by atoms with van der Waals surface area (Å²) in [6, 6.07) is 5.19. The smallest absolute Gasteiger partial charge is 0.214 e. The van der Waals surface area contributed by atoms with Gasteiger partial charge in [-0.05, 0) is 47.6 Å². The largest absolute Gasteiger partial charge is 0.241 e. The second kappa shape index (κ2) is 3.77. The van der Waals surface area contributed by atoms with Gasteiger partial charge < -0.3 is 0 Å². The first-order valence-corrected chi connectivity index (χ1v) is 5.94. The Bertz CT molecular complexity index is 414. The minimum atomic E-state index is -3.35. The molecular weight excluding hydrogens is 254 g/mol. The second-order valence-electron chi connectivity index (χ2n) is 2.64. The number of hydrogen-bond donors (Lipinski definition) is 1. The summed E-state index contributed by atoms with van der Waals surface area (Å²) in [6.07, 6.45) is 0. The Morgan fingerprint density at radius 1 is 1.38 bits per heavy atom. The van der Waals surface area contributed by atoms with Gasteiger partial charge in [-0.1, -0.05) is 6.07 Å². The molecule has 1 aromatic rings. The Kier molecular flexibility index (Phi) is 3.10. The van der Waals surface area contributed by atoms with E-state index < -0.39 is 10.0 Å². The van der Waals surface area contributed by atoms with Crippen LogP contribution < -0.4 is 4.72 Å². The number of nitrogens with one attached hydrogen (secondary N) is 1.